The minimum Gasteiger partial charge on any atom is -0.328 e. The molecule has 0 aliphatic carbocycles. The smallest absolute Gasteiger partial charge is 0.328 e. The first kappa shape index (κ1) is 18.4. The number of amides is 1. The molecule has 0 rings (SSSR count). The van der Waals surface area contributed by atoms with E-state index < -0.39 is 23.0 Å². The van der Waals surface area contributed by atoms with Gasteiger partial charge in [-0.3, -0.25) is 9.35 Å². The van der Waals surface area contributed by atoms with E-state index in [2.05, 4.69) is 16.1 Å². The van der Waals surface area contributed by atoms with Gasteiger partial charge in [0.15, 0.2) is 0 Å². The van der Waals surface area contributed by atoms with Gasteiger partial charge in [0.2, 0.25) is 5.91 Å². The SMILES string of the molecule is C=C(CC)C(=O)NCOS(=O)(=O)O.CN(C)C. The van der Waals surface area contributed by atoms with Gasteiger partial charge < -0.3 is 10.2 Å². The molecule has 0 aliphatic heterocycles. The molecular weight excluding hydrogens is 248 g/mol. The van der Waals surface area contributed by atoms with E-state index in [0.29, 0.717) is 12.0 Å². The van der Waals surface area contributed by atoms with Crippen molar-refractivity contribution in [3.63, 3.8) is 0 Å². The zero-order valence-corrected chi connectivity index (χ0v) is 11.4. The lowest BCUT2D eigenvalue weighted by atomic mass is 10.2. The van der Waals surface area contributed by atoms with Crippen molar-refractivity contribution in [2.75, 3.05) is 27.9 Å². The van der Waals surface area contributed by atoms with Gasteiger partial charge in [-0.15, -0.1) is 0 Å². The first-order chi connectivity index (χ1) is 7.60. The van der Waals surface area contributed by atoms with Crippen molar-refractivity contribution >= 4 is 16.3 Å². The summed E-state index contributed by atoms with van der Waals surface area (Å²) in [5.41, 5.74) is 0.305. The van der Waals surface area contributed by atoms with Crippen LogP contribution in [0.1, 0.15) is 13.3 Å². The molecular formula is C9H20N2O5S. The maximum Gasteiger partial charge on any atom is 0.399 e. The molecule has 2 N–H and O–H groups in total. The Bertz CT molecular complexity index is 335. The molecule has 0 unspecified atom stereocenters. The number of nitrogens with one attached hydrogen (secondary N) is 1. The van der Waals surface area contributed by atoms with E-state index in [-0.39, 0.29) is 0 Å². The lowest BCUT2D eigenvalue weighted by molar-refractivity contribution is -0.118. The minimum absolute atomic E-state index is 0.305. The highest BCUT2D eigenvalue weighted by Crippen LogP contribution is 1.95. The molecule has 0 heterocycles. The van der Waals surface area contributed by atoms with E-state index in [4.69, 9.17) is 4.55 Å². The summed E-state index contributed by atoms with van der Waals surface area (Å²) in [5, 5.41) is 2.09. The number of carbonyl (C=O) groups excluding carboxylic acids is 1. The molecule has 0 atom stereocenters. The average Bonchev–Trinajstić information content (AvgIpc) is 2.13. The van der Waals surface area contributed by atoms with E-state index >= 15 is 0 Å². The summed E-state index contributed by atoms with van der Waals surface area (Å²) in [6.07, 6.45) is 0.456. The van der Waals surface area contributed by atoms with Gasteiger partial charge in [-0.05, 0) is 27.6 Å². The molecule has 17 heavy (non-hydrogen) atoms. The molecule has 0 bridgehead atoms. The van der Waals surface area contributed by atoms with Gasteiger partial charge >= 0.3 is 10.4 Å². The fourth-order valence-electron chi connectivity index (χ4n) is 0.455. The minimum atomic E-state index is -4.50. The van der Waals surface area contributed by atoms with E-state index in [1.165, 1.54) is 0 Å². The first-order valence-corrected chi connectivity index (χ1v) is 6.15. The molecule has 1 amide bonds. The second-order valence-corrected chi connectivity index (χ2v) is 4.59. The fourth-order valence-corrected chi connectivity index (χ4v) is 0.663. The molecule has 0 fully saturated rings. The number of rotatable bonds is 5. The lowest BCUT2D eigenvalue weighted by Gasteiger charge is -2.04. The number of carbonyl (C=O) groups is 1. The van der Waals surface area contributed by atoms with Crippen LogP contribution in [0.4, 0.5) is 0 Å². The number of hydrogen-bond donors (Lipinski definition) is 2. The summed E-state index contributed by atoms with van der Waals surface area (Å²) >= 11 is 0. The quantitative estimate of drug-likeness (QED) is 0.415. The third kappa shape index (κ3) is 17.6. The normalized spacial score (nSPS) is 10.5. The Kier molecular flexibility index (Phi) is 9.86. The third-order valence-electron chi connectivity index (χ3n) is 1.19. The average molecular weight is 268 g/mol. The van der Waals surface area contributed by atoms with Crippen LogP contribution in [0.25, 0.3) is 0 Å². The number of hydrogen-bond acceptors (Lipinski definition) is 5. The fraction of sp³-hybridized carbons (Fsp3) is 0.667. The van der Waals surface area contributed by atoms with Gasteiger partial charge in [-0.2, -0.15) is 8.42 Å². The van der Waals surface area contributed by atoms with Crippen molar-refractivity contribution in [2.45, 2.75) is 13.3 Å². The van der Waals surface area contributed by atoms with Crippen molar-refractivity contribution < 1.29 is 21.9 Å². The van der Waals surface area contributed by atoms with Crippen molar-refractivity contribution in [1.82, 2.24) is 10.2 Å². The zero-order valence-electron chi connectivity index (χ0n) is 10.6. The summed E-state index contributed by atoms with van der Waals surface area (Å²) in [5.74, 6) is -0.508. The van der Waals surface area contributed by atoms with Crippen LogP contribution in [-0.4, -0.2) is 51.7 Å². The highest BCUT2D eigenvalue weighted by atomic mass is 32.3. The van der Waals surface area contributed by atoms with Crippen LogP contribution in [0.5, 0.6) is 0 Å². The molecule has 0 aromatic heterocycles. The van der Waals surface area contributed by atoms with Gasteiger partial charge in [0, 0.05) is 5.57 Å². The maximum atomic E-state index is 10.9. The topological polar surface area (TPSA) is 95.9 Å². The molecule has 0 saturated heterocycles. The Hall–Kier alpha value is -0.960. The highest BCUT2D eigenvalue weighted by molar-refractivity contribution is 7.80. The van der Waals surface area contributed by atoms with Crippen LogP contribution < -0.4 is 5.32 Å². The van der Waals surface area contributed by atoms with E-state index in [1.807, 2.05) is 26.0 Å². The van der Waals surface area contributed by atoms with Gasteiger partial charge in [0.1, 0.15) is 6.73 Å². The van der Waals surface area contributed by atoms with Crippen LogP contribution in [-0.2, 0) is 19.4 Å². The van der Waals surface area contributed by atoms with Crippen molar-refractivity contribution in [3.05, 3.63) is 12.2 Å². The van der Waals surface area contributed by atoms with E-state index in [9.17, 15) is 13.2 Å². The zero-order chi connectivity index (χ0) is 14.1. The Morgan fingerprint density at radius 2 is 1.82 bits per heavy atom. The predicted octanol–water partition coefficient (Wildman–Crippen LogP) is 0.0235. The van der Waals surface area contributed by atoms with Crippen molar-refractivity contribution in [2.24, 2.45) is 0 Å². The molecule has 0 spiro atoms. The summed E-state index contributed by atoms with van der Waals surface area (Å²) in [6, 6.07) is 0. The summed E-state index contributed by atoms with van der Waals surface area (Å²) in [4.78, 5) is 12.9. The molecule has 0 aromatic rings. The Balaban J connectivity index is 0. The third-order valence-corrected chi connectivity index (χ3v) is 1.60. The van der Waals surface area contributed by atoms with Gasteiger partial charge in [-0.25, -0.2) is 4.18 Å². The summed E-state index contributed by atoms with van der Waals surface area (Å²) < 4.78 is 32.0. The second kappa shape index (κ2) is 9.11. The summed E-state index contributed by atoms with van der Waals surface area (Å²) in [6.45, 7) is 4.54. The molecule has 102 valence electrons. The van der Waals surface area contributed by atoms with E-state index in [0.717, 1.165) is 0 Å². The monoisotopic (exact) mass is 268 g/mol. The first-order valence-electron chi connectivity index (χ1n) is 4.78. The van der Waals surface area contributed by atoms with Crippen molar-refractivity contribution in [3.8, 4) is 0 Å². The van der Waals surface area contributed by atoms with E-state index in [1.54, 1.807) is 6.92 Å². The Morgan fingerprint density at radius 3 is 2.12 bits per heavy atom. The predicted molar refractivity (Wildman–Crippen MR) is 64.7 cm³/mol. The largest absolute Gasteiger partial charge is 0.399 e. The molecule has 8 heteroatoms. The lowest BCUT2D eigenvalue weighted by Crippen LogP contribution is -2.28. The second-order valence-electron chi connectivity index (χ2n) is 3.49. The van der Waals surface area contributed by atoms with Crippen molar-refractivity contribution in [1.29, 1.82) is 0 Å². The van der Waals surface area contributed by atoms with Crippen LogP contribution >= 0.6 is 0 Å². The molecule has 0 saturated carbocycles. The van der Waals surface area contributed by atoms with Gasteiger partial charge in [0.05, 0.1) is 0 Å². The molecule has 0 aromatic carbocycles. The molecule has 0 radical (unpaired) electrons. The maximum absolute atomic E-state index is 10.9. The standard InChI is InChI=1S/C6H11NO5S.C3H9N/c1-3-5(2)6(8)7-4-12-13(9,10)11;1-4(2)3/h2-4H2,1H3,(H,7,8)(H,9,10,11);1-3H3. The Labute approximate surface area is 102 Å². The van der Waals surface area contributed by atoms with Crippen LogP contribution in [0.3, 0.4) is 0 Å². The van der Waals surface area contributed by atoms with Crippen LogP contribution in [0.2, 0.25) is 0 Å². The van der Waals surface area contributed by atoms with Gasteiger partial charge in [-0.1, -0.05) is 13.5 Å². The number of nitrogens with zero attached hydrogens (tertiary/aromatic N) is 1. The Morgan fingerprint density at radius 1 is 1.41 bits per heavy atom. The van der Waals surface area contributed by atoms with Crippen LogP contribution in [0, 0.1) is 0 Å². The molecule has 0 aliphatic rings. The van der Waals surface area contributed by atoms with Gasteiger partial charge in [0.25, 0.3) is 0 Å². The summed E-state index contributed by atoms with van der Waals surface area (Å²) in [7, 11) is 1.50. The highest BCUT2D eigenvalue weighted by Gasteiger charge is 2.07. The molecule has 7 nitrogen and oxygen atoms in total. The van der Waals surface area contributed by atoms with Crippen LogP contribution in [0.15, 0.2) is 12.2 Å².